The van der Waals surface area contributed by atoms with Crippen LogP contribution in [0.15, 0.2) is 35.7 Å². The summed E-state index contributed by atoms with van der Waals surface area (Å²) in [4.78, 5) is 4.95. The van der Waals surface area contributed by atoms with Gasteiger partial charge in [0.05, 0.1) is 11.1 Å². The van der Waals surface area contributed by atoms with Crippen LogP contribution in [0, 0.1) is 0 Å². The maximum atomic E-state index is 5.61. The normalized spacial score (nSPS) is 19.3. The molecule has 1 aliphatic heterocycles. The molecule has 0 aliphatic carbocycles. The Bertz CT molecular complexity index is 575. The molecule has 3 rings (SSSR count). The second-order valence-electron chi connectivity index (χ2n) is 5.65. The summed E-state index contributed by atoms with van der Waals surface area (Å²) in [6.07, 6.45) is 2.02. The summed E-state index contributed by atoms with van der Waals surface area (Å²) in [7, 11) is 1.98. The Morgan fingerprint density at radius 3 is 2.62 bits per heavy atom. The first-order valence-corrected chi connectivity index (χ1v) is 8.41. The number of nitrogens with zero attached hydrogens (tertiary/aromatic N) is 1. The summed E-state index contributed by atoms with van der Waals surface area (Å²) in [6.45, 7) is 3.77. The molecule has 1 N–H and O–H groups in total. The third-order valence-electron chi connectivity index (χ3n) is 4.48. The molecule has 0 bridgehead atoms. The van der Waals surface area contributed by atoms with Gasteiger partial charge in [0.15, 0.2) is 0 Å². The number of hydrogen-bond donors (Lipinski definition) is 1. The van der Waals surface area contributed by atoms with Crippen molar-refractivity contribution in [2.75, 3.05) is 20.3 Å². The van der Waals surface area contributed by atoms with Gasteiger partial charge in [-0.05, 0) is 32.4 Å². The Morgan fingerprint density at radius 1 is 1.24 bits per heavy atom. The summed E-state index contributed by atoms with van der Waals surface area (Å²) in [5.41, 5.74) is 2.53. The molecule has 1 aromatic carbocycles. The molecule has 21 heavy (non-hydrogen) atoms. The average molecular weight is 302 g/mol. The van der Waals surface area contributed by atoms with Crippen molar-refractivity contribution < 1.29 is 4.74 Å². The summed E-state index contributed by atoms with van der Waals surface area (Å²) in [5.74, 6) is 0. The van der Waals surface area contributed by atoms with Gasteiger partial charge in [-0.1, -0.05) is 30.3 Å². The molecule has 0 amide bonds. The average Bonchev–Trinajstić information content (AvgIpc) is 3.06. The van der Waals surface area contributed by atoms with Crippen molar-refractivity contribution >= 4 is 11.3 Å². The first-order chi connectivity index (χ1) is 10.3. The van der Waals surface area contributed by atoms with Crippen LogP contribution in [0.5, 0.6) is 0 Å². The van der Waals surface area contributed by atoms with E-state index in [2.05, 4.69) is 48.0 Å². The van der Waals surface area contributed by atoms with E-state index in [0.29, 0.717) is 6.04 Å². The van der Waals surface area contributed by atoms with Gasteiger partial charge in [0, 0.05) is 24.6 Å². The second-order valence-corrected chi connectivity index (χ2v) is 6.51. The minimum Gasteiger partial charge on any atom is -0.381 e. The molecule has 2 aromatic rings. The van der Waals surface area contributed by atoms with E-state index in [1.807, 2.05) is 7.05 Å². The van der Waals surface area contributed by atoms with E-state index in [-0.39, 0.29) is 5.41 Å². The van der Waals surface area contributed by atoms with Crippen molar-refractivity contribution in [3.8, 4) is 0 Å². The fraction of sp³-hybridized carbons (Fsp3) is 0.471. The number of ether oxygens (including phenoxy) is 1. The number of aromatic nitrogens is 1. The number of thiazole rings is 1. The Balaban J connectivity index is 2.02. The van der Waals surface area contributed by atoms with Gasteiger partial charge in [0.2, 0.25) is 0 Å². The van der Waals surface area contributed by atoms with Gasteiger partial charge in [-0.15, -0.1) is 11.3 Å². The summed E-state index contributed by atoms with van der Waals surface area (Å²) in [5, 5.41) is 6.69. The van der Waals surface area contributed by atoms with Crippen LogP contribution < -0.4 is 5.32 Å². The molecular weight excluding hydrogens is 280 g/mol. The zero-order valence-electron chi connectivity index (χ0n) is 12.6. The topological polar surface area (TPSA) is 34.1 Å². The fourth-order valence-corrected chi connectivity index (χ4v) is 4.15. The molecule has 1 fully saturated rings. The van der Waals surface area contributed by atoms with Crippen molar-refractivity contribution in [3.63, 3.8) is 0 Å². The highest BCUT2D eigenvalue weighted by molar-refractivity contribution is 7.09. The minimum atomic E-state index is 0.0237. The Labute approximate surface area is 130 Å². The molecular formula is C17H22N2OS. The summed E-state index contributed by atoms with van der Waals surface area (Å²) >= 11 is 1.79. The molecule has 1 aliphatic rings. The van der Waals surface area contributed by atoms with E-state index < -0.39 is 0 Å². The van der Waals surface area contributed by atoms with Gasteiger partial charge in [-0.3, -0.25) is 0 Å². The first-order valence-electron chi connectivity index (χ1n) is 7.53. The number of nitrogens with one attached hydrogen (secondary N) is 1. The molecule has 2 heterocycles. The molecule has 4 heteroatoms. The smallest absolute Gasteiger partial charge is 0.104 e. The Morgan fingerprint density at radius 2 is 1.95 bits per heavy atom. The van der Waals surface area contributed by atoms with Crippen LogP contribution in [-0.2, 0) is 10.2 Å². The monoisotopic (exact) mass is 302 g/mol. The van der Waals surface area contributed by atoms with Gasteiger partial charge in [-0.2, -0.15) is 0 Å². The SMILES string of the molecule is CNC(C)c1csc(C2(c3ccccc3)CCOCC2)n1. The van der Waals surface area contributed by atoms with Gasteiger partial charge in [0.1, 0.15) is 5.01 Å². The van der Waals surface area contributed by atoms with Crippen molar-refractivity contribution in [1.82, 2.24) is 10.3 Å². The summed E-state index contributed by atoms with van der Waals surface area (Å²) < 4.78 is 5.61. The van der Waals surface area contributed by atoms with Crippen LogP contribution >= 0.6 is 11.3 Å². The van der Waals surface area contributed by atoms with Gasteiger partial charge in [0.25, 0.3) is 0 Å². The van der Waals surface area contributed by atoms with Gasteiger partial charge < -0.3 is 10.1 Å². The minimum absolute atomic E-state index is 0.0237. The molecule has 112 valence electrons. The first kappa shape index (κ1) is 14.7. The maximum Gasteiger partial charge on any atom is 0.104 e. The largest absolute Gasteiger partial charge is 0.381 e. The van der Waals surface area contributed by atoms with E-state index in [1.165, 1.54) is 10.6 Å². The lowest BCUT2D eigenvalue weighted by atomic mass is 9.74. The third-order valence-corrected chi connectivity index (χ3v) is 5.55. The molecule has 3 nitrogen and oxygen atoms in total. The van der Waals surface area contributed by atoms with E-state index in [9.17, 15) is 0 Å². The fourth-order valence-electron chi connectivity index (χ4n) is 2.96. The molecule has 0 saturated carbocycles. The lowest BCUT2D eigenvalue weighted by molar-refractivity contribution is 0.0629. The lowest BCUT2D eigenvalue weighted by Gasteiger charge is -2.36. The standard InChI is InChI=1S/C17H22N2OS/c1-13(18-2)15-12-21-16(19-15)17(8-10-20-11-9-17)14-6-4-3-5-7-14/h3-7,12-13,18H,8-11H2,1-2H3. The van der Waals surface area contributed by atoms with Gasteiger partial charge >= 0.3 is 0 Å². The highest BCUT2D eigenvalue weighted by Gasteiger charge is 2.39. The van der Waals surface area contributed by atoms with Crippen LogP contribution in [-0.4, -0.2) is 25.2 Å². The number of hydrogen-bond acceptors (Lipinski definition) is 4. The highest BCUT2D eigenvalue weighted by atomic mass is 32.1. The van der Waals surface area contributed by atoms with E-state index >= 15 is 0 Å². The molecule has 0 spiro atoms. The van der Waals surface area contributed by atoms with E-state index in [1.54, 1.807) is 11.3 Å². The van der Waals surface area contributed by atoms with Crippen molar-refractivity contribution in [2.45, 2.75) is 31.2 Å². The van der Waals surface area contributed by atoms with Gasteiger partial charge in [-0.25, -0.2) is 4.98 Å². The van der Waals surface area contributed by atoms with Crippen LogP contribution in [0.2, 0.25) is 0 Å². The van der Waals surface area contributed by atoms with Crippen molar-refractivity contribution in [1.29, 1.82) is 0 Å². The number of rotatable bonds is 4. The van der Waals surface area contributed by atoms with E-state index in [0.717, 1.165) is 31.7 Å². The molecule has 1 saturated heterocycles. The van der Waals surface area contributed by atoms with Crippen LogP contribution in [0.25, 0.3) is 0 Å². The van der Waals surface area contributed by atoms with Crippen molar-refractivity contribution in [2.24, 2.45) is 0 Å². The van der Waals surface area contributed by atoms with Crippen LogP contribution in [0.4, 0.5) is 0 Å². The highest BCUT2D eigenvalue weighted by Crippen LogP contribution is 2.42. The predicted octanol–water partition coefficient (Wildman–Crippen LogP) is 3.52. The molecule has 1 atom stereocenters. The maximum absolute atomic E-state index is 5.61. The zero-order chi connectivity index (χ0) is 14.7. The van der Waals surface area contributed by atoms with E-state index in [4.69, 9.17) is 9.72 Å². The predicted molar refractivity (Wildman–Crippen MR) is 86.9 cm³/mol. The lowest BCUT2D eigenvalue weighted by Crippen LogP contribution is -2.35. The Kier molecular flexibility index (Phi) is 4.38. The summed E-state index contributed by atoms with van der Waals surface area (Å²) in [6, 6.07) is 11.1. The molecule has 1 aromatic heterocycles. The molecule has 1 unspecified atom stereocenters. The number of benzene rings is 1. The van der Waals surface area contributed by atoms with Crippen LogP contribution in [0.3, 0.4) is 0 Å². The zero-order valence-corrected chi connectivity index (χ0v) is 13.5. The Hall–Kier alpha value is -1.23. The molecule has 0 radical (unpaired) electrons. The third kappa shape index (κ3) is 2.76. The second kappa shape index (κ2) is 6.26. The van der Waals surface area contributed by atoms with Crippen LogP contribution in [0.1, 0.15) is 42.1 Å². The van der Waals surface area contributed by atoms with Crippen molar-refractivity contribution in [3.05, 3.63) is 52.0 Å². The quantitative estimate of drug-likeness (QED) is 0.938.